The summed E-state index contributed by atoms with van der Waals surface area (Å²) in [5.41, 5.74) is 5.51. The van der Waals surface area contributed by atoms with Gasteiger partial charge in [0.2, 0.25) is 0 Å². The smallest absolute Gasteiger partial charge is 1.00 e. The van der Waals surface area contributed by atoms with Crippen molar-refractivity contribution in [2.75, 3.05) is 12.3 Å². The second-order valence-corrected chi connectivity index (χ2v) is 10.9. The number of hydrogen-bond acceptors (Lipinski definition) is 0. The van der Waals surface area contributed by atoms with E-state index in [1.54, 1.807) is 5.30 Å². The van der Waals surface area contributed by atoms with Gasteiger partial charge in [-0.25, -0.2) is 0 Å². The van der Waals surface area contributed by atoms with Gasteiger partial charge in [-0.05, 0) is 31.6 Å². The van der Waals surface area contributed by atoms with E-state index in [1.807, 2.05) is 6.07 Å². The minimum atomic E-state index is 0. The van der Waals surface area contributed by atoms with Crippen molar-refractivity contribution >= 4 is 24.0 Å². The van der Waals surface area contributed by atoms with E-state index in [1.165, 1.54) is 71.0 Å². The van der Waals surface area contributed by atoms with Crippen molar-refractivity contribution in [2.24, 2.45) is 0 Å². The molecule has 0 bridgehead atoms. The Morgan fingerprint density at radius 3 is 2.18 bits per heavy atom. The molecule has 0 spiro atoms. The maximum Gasteiger partial charge on any atom is 4.00 e. The summed E-state index contributed by atoms with van der Waals surface area (Å²) in [6.07, 6.45) is 9.31. The molecule has 34 heavy (non-hydrogen) atoms. The van der Waals surface area contributed by atoms with Crippen molar-refractivity contribution in [3.63, 3.8) is 0 Å². The molecule has 0 aliphatic heterocycles. The van der Waals surface area contributed by atoms with Crippen molar-refractivity contribution < 1.29 is 46.5 Å². The Balaban J connectivity index is 0.000000323. The first-order chi connectivity index (χ1) is 15.3. The zero-order valence-electron chi connectivity index (χ0n) is 20.2. The summed E-state index contributed by atoms with van der Waals surface area (Å²) in [6.45, 7) is 4.60. The largest absolute Gasteiger partial charge is 4.00 e. The minimum absolute atomic E-state index is 0. The van der Waals surface area contributed by atoms with E-state index in [4.69, 9.17) is 0 Å². The standard InChI is InChI=1S/C17H24P.C13H9.2ClH.Ti/c1-3-5-11-18(12-6-4-2)17-13-15-9-7-8-10-16(15)14-17;1-3-7-12-10(5-1)9-11-6-2-4-8-13(11)12;;;/h7-10,13-14H,3-6,11-12H2,1-2H3;1-5,7-8H,9H2;2*1H;/q2*-1;;;+4/p-2. The van der Waals surface area contributed by atoms with Gasteiger partial charge >= 0.3 is 21.7 Å². The van der Waals surface area contributed by atoms with Gasteiger partial charge in [-0.3, -0.25) is 0 Å². The minimum Gasteiger partial charge on any atom is -1.00 e. The molecule has 0 aromatic heterocycles. The molecule has 4 aromatic carbocycles. The van der Waals surface area contributed by atoms with E-state index in [0.717, 1.165) is 6.42 Å². The molecule has 0 saturated carbocycles. The number of unbranched alkanes of at least 4 members (excludes halogenated alkanes) is 2. The van der Waals surface area contributed by atoms with Gasteiger partial charge in [-0.15, -0.1) is 45.9 Å². The van der Waals surface area contributed by atoms with Crippen LogP contribution in [0.3, 0.4) is 0 Å². The van der Waals surface area contributed by atoms with Crippen molar-refractivity contribution in [2.45, 2.75) is 46.0 Å². The molecule has 0 unspecified atom stereocenters. The average Bonchev–Trinajstić information content (AvgIpc) is 3.41. The Kier molecular flexibility index (Phi) is 14.5. The van der Waals surface area contributed by atoms with E-state index >= 15 is 0 Å². The maximum absolute atomic E-state index is 3.30. The average molecular weight is 543 g/mol. The first kappa shape index (κ1) is 31.0. The molecule has 0 N–H and O–H groups in total. The fraction of sp³-hybridized carbons (Fsp3) is 0.300. The fourth-order valence-corrected chi connectivity index (χ4v) is 7.16. The summed E-state index contributed by atoms with van der Waals surface area (Å²) in [4.78, 5) is 0. The van der Waals surface area contributed by atoms with E-state index in [2.05, 4.69) is 92.7 Å². The van der Waals surface area contributed by atoms with Crippen LogP contribution in [0.15, 0.2) is 78.9 Å². The predicted molar refractivity (Wildman–Crippen MR) is 139 cm³/mol. The van der Waals surface area contributed by atoms with Gasteiger partial charge < -0.3 is 24.8 Å². The van der Waals surface area contributed by atoms with Gasteiger partial charge in [0.25, 0.3) is 0 Å². The van der Waals surface area contributed by atoms with Crippen molar-refractivity contribution in [1.29, 1.82) is 0 Å². The van der Waals surface area contributed by atoms with Crippen LogP contribution >= 0.6 is 7.92 Å². The normalized spacial score (nSPS) is 10.8. The molecule has 0 nitrogen and oxygen atoms in total. The number of hydrogen-bond donors (Lipinski definition) is 0. The van der Waals surface area contributed by atoms with E-state index in [9.17, 15) is 0 Å². The number of rotatable bonds is 7. The van der Waals surface area contributed by atoms with Crippen LogP contribution in [-0.2, 0) is 28.1 Å². The molecule has 0 saturated heterocycles. The van der Waals surface area contributed by atoms with Crippen LogP contribution < -0.4 is 30.1 Å². The van der Waals surface area contributed by atoms with Crippen LogP contribution in [-0.4, -0.2) is 12.3 Å². The summed E-state index contributed by atoms with van der Waals surface area (Å²) < 4.78 is 0. The number of halogens is 2. The Bertz CT molecular complexity index is 1040. The van der Waals surface area contributed by atoms with Gasteiger partial charge in [0, 0.05) is 0 Å². The summed E-state index contributed by atoms with van der Waals surface area (Å²) in [5, 5.41) is 4.48. The molecule has 176 valence electrons. The molecule has 1 aliphatic carbocycles. The molecule has 0 heterocycles. The predicted octanol–water partition coefficient (Wildman–Crippen LogP) is 2.33. The number of fused-ring (bicyclic) bond motifs is 4. The second kappa shape index (κ2) is 15.9. The molecule has 5 rings (SSSR count). The molecule has 4 heteroatoms. The van der Waals surface area contributed by atoms with Crippen molar-refractivity contribution in [1.82, 2.24) is 0 Å². The van der Waals surface area contributed by atoms with Gasteiger partial charge in [0.05, 0.1) is 0 Å². The van der Waals surface area contributed by atoms with Crippen LogP contribution in [0, 0.1) is 6.07 Å². The van der Waals surface area contributed by atoms with Crippen molar-refractivity contribution in [3.8, 4) is 11.1 Å². The molecule has 0 atom stereocenters. The van der Waals surface area contributed by atoms with E-state index in [-0.39, 0.29) is 54.5 Å². The second-order valence-electron chi connectivity index (χ2n) is 8.43. The first-order valence-corrected chi connectivity index (χ1v) is 13.5. The maximum atomic E-state index is 3.30. The summed E-state index contributed by atoms with van der Waals surface area (Å²) in [6, 6.07) is 31.8. The molecule has 0 fully saturated rings. The van der Waals surface area contributed by atoms with Gasteiger partial charge in [0.1, 0.15) is 0 Å². The third-order valence-electron chi connectivity index (χ3n) is 6.15. The van der Waals surface area contributed by atoms with Crippen LogP contribution in [0.2, 0.25) is 0 Å². The van der Waals surface area contributed by atoms with Gasteiger partial charge in [-0.1, -0.05) is 76.1 Å². The van der Waals surface area contributed by atoms with Crippen molar-refractivity contribution in [3.05, 3.63) is 96.1 Å². The van der Waals surface area contributed by atoms with E-state index < -0.39 is 0 Å². The summed E-state index contributed by atoms with van der Waals surface area (Å²) >= 11 is 0. The molecular weight excluding hydrogens is 510 g/mol. The quantitative estimate of drug-likeness (QED) is 0.168. The van der Waals surface area contributed by atoms with Crippen LogP contribution in [0.5, 0.6) is 0 Å². The Labute approximate surface area is 234 Å². The van der Waals surface area contributed by atoms with Gasteiger partial charge in [0.15, 0.2) is 0 Å². The Hall–Kier alpha value is -1.01. The summed E-state index contributed by atoms with van der Waals surface area (Å²) in [7, 11) is 0.0856. The monoisotopic (exact) mass is 542 g/mol. The van der Waals surface area contributed by atoms with E-state index in [0.29, 0.717) is 0 Å². The molecule has 0 amide bonds. The van der Waals surface area contributed by atoms with Gasteiger partial charge in [-0.2, -0.15) is 35.9 Å². The summed E-state index contributed by atoms with van der Waals surface area (Å²) in [5.74, 6) is 0. The molecular formula is C30H33Cl2PTi. The van der Waals surface area contributed by atoms with Crippen LogP contribution in [0.25, 0.3) is 21.9 Å². The molecule has 0 radical (unpaired) electrons. The Morgan fingerprint density at radius 1 is 0.824 bits per heavy atom. The SMILES string of the molecule is CCCCP(CCCC)c1cc2ccccc2[cH-]1.[Cl-].[Cl-].[Ti+4].[c-]1cccc2c1Cc1ccccc1-2. The first-order valence-electron chi connectivity index (χ1n) is 11.8. The fourth-order valence-electron chi connectivity index (χ4n) is 4.38. The Morgan fingerprint density at radius 2 is 1.47 bits per heavy atom. The topological polar surface area (TPSA) is 0 Å². The molecule has 1 aliphatic rings. The third kappa shape index (κ3) is 7.75. The van der Waals surface area contributed by atoms with Crippen LogP contribution in [0.1, 0.15) is 50.7 Å². The third-order valence-corrected chi connectivity index (χ3v) is 8.85. The molecule has 4 aromatic rings. The number of benzene rings is 3. The zero-order chi connectivity index (χ0) is 21.5. The van der Waals surface area contributed by atoms with Crippen LogP contribution in [0.4, 0.5) is 0 Å². The zero-order valence-corrected chi connectivity index (χ0v) is 24.1.